The highest BCUT2D eigenvalue weighted by molar-refractivity contribution is 6.05. The van der Waals surface area contributed by atoms with Crippen molar-refractivity contribution in [2.45, 2.75) is 33.0 Å². The molecule has 1 saturated heterocycles. The summed E-state index contributed by atoms with van der Waals surface area (Å²) in [5.41, 5.74) is 3.04. The van der Waals surface area contributed by atoms with Gasteiger partial charge in [-0.1, -0.05) is 18.2 Å². The predicted molar refractivity (Wildman–Crippen MR) is 121 cm³/mol. The van der Waals surface area contributed by atoms with Crippen LogP contribution in [0.15, 0.2) is 54.7 Å². The molecule has 2 aromatic carbocycles. The number of morpholine rings is 1. The normalized spacial score (nSPS) is 18.5. The third kappa shape index (κ3) is 4.62. The van der Waals surface area contributed by atoms with Gasteiger partial charge in [0.1, 0.15) is 5.82 Å². The van der Waals surface area contributed by atoms with E-state index in [4.69, 9.17) is 4.74 Å². The molecule has 0 radical (unpaired) electrons. The number of carbonyl (C=O) groups excluding carboxylic acids is 1. The molecule has 32 heavy (non-hydrogen) atoms. The Balaban J connectivity index is 1.51. The molecule has 1 aromatic heterocycles. The van der Waals surface area contributed by atoms with E-state index in [1.54, 1.807) is 30.5 Å². The number of halogens is 2. The van der Waals surface area contributed by atoms with Gasteiger partial charge in [-0.05, 0) is 67.8 Å². The van der Waals surface area contributed by atoms with Crippen LogP contribution in [0.25, 0.3) is 11.1 Å². The maximum atomic E-state index is 13.7. The molecule has 0 spiro atoms. The molecule has 2 atom stereocenters. The molecule has 5 nitrogen and oxygen atoms in total. The monoisotopic (exact) mass is 437 g/mol. The number of anilines is 2. The first-order valence-electron chi connectivity index (χ1n) is 10.5. The van der Waals surface area contributed by atoms with Crippen molar-refractivity contribution in [2.24, 2.45) is 0 Å². The Morgan fingerprint density at radius 3 is 2.47 bits per heavy atom. The van der Waals surface area contributed by atoms with Crippen LogP contribution in [0.4, 0.5) is 20.3 Å². The van der Waals surface area contributed by atoms with Gasteiger partial charge in [0.2, 0.25) is 0 Å². The molecular formula is C25H25F2N3O2. The van der Waals surface area contributed by atoms with E-state index >= 15 is 0 Å². The lowest BCUT2D eigenvalue weighted by Gasteiger charge is -2.36. The maximum absolute atomic E-state index is 13.7. The molecule has 0 bridgehead atoms. The Labute approximate surface area is 186 Å². The van der Waals surface area contributed by atoms with Gasteiger partial charge in [0.15, 0.2) is 11.6 Å². The van der Waals surface area contributed by atoms with Gasteiger partial charge >= 0.3 is 0 Å². The summed E-state index contributed by atoms with van der Waals surface area (Å²) in [6, 6.07) is 12.7. The van der Waals surface area contributed by atoms with Crippen molar-refractivity contribution in [3.63, 3.8) is 0 Å². The summed E-state index contributed by atoms with van der Waals surface area (Å²) in [5.74, 6) is -1.29. The molecular weight excluding hydrogens is 412 g/mol. The highest BCUT2D eigenvalue weighted by Crippen LogP contribution is 2.30. The van der Waals surface area contributed by atoms with Crippen molar-refractivity contribution < 1.29 is 18.3 Å². The smallest absolute Gasteiger partial charge is 0.257 e. The van der Waals surface area contributed by atoms with Crippen molar-refractivity contribution in [3.05, 3.63) is 77.5 Å². The summed E-state index contributed by atoms with van der Waals surface area (Å²) in [6.07, 6.45) is 1.80. The van der Waals surface area contributed by atoms with Gasteiger partial charge in [0.25, 0.3) is 5.91 Å². The average molecular weight is 437 g/mol. The van der Waals surface area contributed by atoms with E-state index in [-0.39, 0.29) is 18.1 Å². The summed E-state index contributed by atoms with van der Waals surface area (Å²) in [4.78, 5) is 19.4. The number of ether oxygens (including phenoxy) is 1. The van der Waals surface area contributed by atoms with Gasteiger partial charge in [0.05, 0.1) is 17.8 Å². The van der Waals surface area contributed by atoms with Crippen LogP contribution in [0.2, 0.25) is 0 Å². The van der Waals surface area contributed by atoms with Crippen LogP contribution in [0, 0.1) is 18.6 Å². The number of pyridine rings is 1. The second-order valence-corrected chi connectivity index (χ2v) is 8.13. The minimum absolute atomic E-state index is 0.119. The van der Waals surface area contributed by atoms with Gasteiger partial charge in [-0.2, -0.15) is 0 Å². The summed E-state index contributed by atoms with van der Waals surface area (Å²) in [5, 5.41) is 2.90. The number of hydrogen-bond donors (Lipinski definition) is 1. The third-order valence-corrected chi connectivity index (χ3v) is 5.57. The first-order chi connectivity index (χ1) is 15.3. The first kappa shape index (κ1) is 21.9. The van der Waals surface area contributed by atoms with E-state index in [2.05, 4.69) is 15.2 Å². The Bertz CT molecular complexity index is 1120. The molecule has 1 aliphatic heterocycles. The molecule has 7 heteroatoms. The minimum Gasteiger partial charge on any atom is -0.372 e. The standard InChI is InChI=1S/C25H25F2N3O2/c1-15-13-30(14-16(2)32-15)24-10-8-19(12-28-24)25(31)29-23-6-4-5-20(17(23)3)18-7-9-21(26)22(27)11-18/h4-12,15-16H,13-14H2,1-3H3,(H,29,31). The summed E-state index contributed by atoms with van der Waals surface area (Å²) >= 11 is 0. The van der Waals surface area contributed by atoms with Crippen molar-refractivity contribution in [3.8, 4) is 11.1 Å². The Morgan fingerprint density at radius 1 is 1.06 bits per heavy atom. The Hall–Kier alpha value is -3.32. The van der Waals surface area contributed by atoms with E-state index < -0.39 is 11.6 Å². The Morgan fingerprint density at radius 2 is 1.81 bits per heavy atom. The second kappa shape index (κ2) is 9.04. The zero-order valence-electron chi connectivity index (χ0n) is 18.2. The Kier molecular flexibility index (Phi) is 6.19. The lowest BCUT2D eigenvalue weighted by atomic mass is 9.99. The van der Waals surface area contributed by atoms with Gasteiger partial charge < -0.3 is 15.0 Å². The lowest BCUT2D eigenvalue weighted by molar-refractivity contribution is -0.00546. The highest BCUT2D eigenvalue weighted by atomic mass is 19.2. The van der Waals surface area contributed by atoms with Gasteiger partial charge in [-0.25, -0.2) is 13.8 Å². The average Bonchev–Trinajstić information content (AvgIpc) is 2.76. The minimum atomic E-state index is -0.911. The molecule has 166 valence electrons. The fourth-order valence-electron chi connectivity index (χ4n) is 4.01. The van der Waals surface area contributed by atoms with E-state index in [1.165, 1.54) is 6.07 Å². The topological polar surface area (TPSA) is 54.5 Å². The molecule has 1 N–H and O–H groups in total. The summed E-state index contributed by atoms with van der Waals surface area (Å²) in [7, 11) is 0. The van der Waals surface area contributed by atoms with Crippen molar-refractivity contribution in [1.29, 1.82) is 0 Å². The molecule has 1 amide bonds. The SMILES string of the molecule is Cc1c(NC(=O)c2ccc(N3CC(C)OC(C)C3)nc2)cccc1-c1ccc(F)c(F)c1. The quantitative estimate of drug-likeness (QED) is 0.610. The van der Waals surface area contributed by atoms with Crippen molar-refractivity contribution in [1.82, 2.24) is 4.98 Å². The molecule has 4 rings (SSSR count). The van der Waals surface area contributed by atoms with E-state index in [9.17, 15) is 13.6 Å². The van der Waals surface area contributed by atoms with Crippen LogP contribution in [0.5, 0.6) is 0 Å². The zero-order chi connectivity index (χ0) is 22.8. The number of benzene rings is 2. The molecule has 1 aliphatic rings. The van der Waals surface area contributed by atoms with Gasteiger partial charge in [0, 0.05) is 25.0 Å². The summed E-state index contributed by atoms with van der Waals surface area (Å²) < 4.78 is 32.7. The van der Waals surface area contributed by atoms with E-state index in [0.29, 0.717) is 22.4 Å². The van der Waals surface area contributed by atoms with Crippen LogP contribution < -0.4 is 10.2 Å². The van der Waals surface area contributed by atoms with Crippen LogP contribution in [0.1, 0.15) is 29.8 Å². The van der Waals surface area contributed by atoms with Crippen molar-refractivity contribution >= 4 is 17.4 Å². The van der Waals surface area contributed by atoms with Crippen LogP contribution in [-0.4, -0.2) is 36.2 Å². The number of carbonyl (C=O) groups is 1. The number of aromatic nitrogens is 1. The molecule has 0 aliphatic carbocycles. The van der Waals surface area contributed by atoms with Gasteiger partial charge in [-0.15, -0.1) is 0 Å². The third-order valence-electron chi connectivity index (χ3n) is 5.57. The molecule has 2 unspecified atom stereocenters. The first-order valence-corrected chi connectivity index (χ1v) is 10.5. The second-order valence-electron chi connectivity index (χ2n) is 8.13. The van der Waals surface area contributed by atoms with Crippen LogP contribution in [0.3, 0.4) is 0 Å². The predicted octanol–water partition coefficient (Wildman–Crippen LogP) is 5.20. The number of rotatable bonds is 4. The number of nitrogens with zero attached hydrogens (tertiary/aromatic N) is 2. The number of hydrogen-bond acceptors (Lipinski definition) is 4. The number of nitrogens with one attached hydrogen (secondary N) is 1. The lowest BCUT2D eigenvalue weighted by Crippen LogP contribution is -2.45. The van der Waals surface area contributed by atoms with Crippen molar-refractivity contribution in [2.75, 3.05) is 23.3 Å². The summed E-state index contributed by atoms with van der Waals surface area (Å²) in [6.45, 7) is 7.38. The fourth-order valence-corrected chi connectivity index (χ4v) is 4.01. The zero-order valence-corrected chi connectivity index (χ0v) is 18.2. The van der Waals surface area contributed by atoms with Crippen LogP contribution in [-0.2, 0) is 4.74 Å². The molecule has 0 saturated carbocycles. The van der Waals surface area contributed by atoms with E-state index in [1.807, 2.05) is 26.8 Å². The fraction of sp³-hybridized carbons (Fsp3) is 0.280. The number of amides is 1. The molecule has 3 aromatic rings. The largest absolute Gasteiger partial charge is 0.372 e. The molecule has 2 heterocycles. The highest BCUT2D eigenvalue weighted by Gasteiger charge is 2.23. The van der Waals surface area contributed by atoms with Crippen LogP contribution >= 0.6 is 0 Å². The maximum Gasteiger partial charge on any atom is 0.257 e. The van der Waals surface area contributed by atoms with E-state index in [0.717, 1.165) is 36.6 Å². The molecule has 1 fully saturated rings. The van der Waals surface area contributed by atoms with Gasteiger partial charge in [-0.3, -0.25) is 4.79 Å².